The molecule has 0 saturated carbocycles. The van der Waals surface area contributed by atoms with Crippen molar-refractivity contribution in [2.75, 3.05) is 0 Å². The van der Waals surface area contributed by atoms with Gasteiger partial charge in [0.25, 0.3) is 0 Å². The number of rotatable bonds is 5. The SMILES string of the molecule is CCn1cc(Cl)c(/C=C/C(=O)c2cnn(CC)c2C)n1. The quantitative estimate of drug-likeness (QED) is 0.629. The average Bonchev–Trinajstić information content (AvgIpc) is 2.99. The monoisotopic (exact) mass is 292 g/mol. The molecular formula is C14H17ClN4O. The van der Waals surface area contributed by atoms with E-state index < -0.39 is 0 Å². The molecule has 0 amide bonds. The number of halogens is 1. The number of hydrogen-bond acceptors (Lipinski definition) is 3. The Hall–Kier alpha value is -1.88. The summed E-state index contributed by atoms with van der Waals surface area (Å²) in [6.07, 6.45) is 6.46. The van der Waals surface area contributed by atoms with Crippen molar-refractivity contribution in [3.63, 3.8) is 0 Å². The van der Waals surface area contributed by atoms with Crippen LogP contribution < -0.4 is 0 Å². The van der Waals surface area contributed by atoms with Crippen LogP contribution in [0.3, 0.4) is 0 Å². The van der Waals surface area contributed by atoms with Crippen LogP contribution in [0.2, 0.25) is 5.02 Å². The van der Waals surface area contributed by atoms with Crippen LogP contribution in [0.15, 0.2) is 18.5 Å². The Morgan fingerprint density at radius 1 is 1.40 bits per heavy atom. The van der Waals surface area contributed by atoms with Gasteiger partial charge >= 0.3 is 0 Å². The molecule has 0 radical (unpaired) electrons. The van der Waals surface area contributed by atoms with Gasteiger partial charge in [0.1, 0.15) is 5.69 Å². The van der Waals surface area contributed by atoms with Crippen LogP contribution in [-0.4, -0.2) is 25.3 Å². The number of carbonyl (C=O) groups excluding carboxylic acids is 1. The molecule has 5 nitrogen and oxygen atoms in total. The second kappa shape index (κ2) is 6.05. The van der Waals surface area contributed by atoms with Gasteiger partial charge in [-0.25, -0.2) is 0 Å². The Morgan fingerprint density at radius 3 is 2.70 bits per heavy atom. The first-order valence-electron chi connectivity index (χ1n) is 6.54. The summed E-state index contributed by atoms with van der Waals surface area (Å²) in [6.45, 7) is 7.33. The van der Waals surface area contributed by atoms with Gasteiger partial charge in [0.15, 0.2) is 5.78 Å². The molecule has 0 aromatic carbocycles. The van der Waals surface area contributed by atoms with Gasteiger partial charge in [0.05, 0.1) is 16.8 Å². The molecule has 0 aliphatic heterocycles. The molecule has 6 heteroatoms. The van der Waals surface area contributed by atoms with Gasteiger partial charge in [-0.15, -0.1) is 0 Å². The summed E-state index contributed by atoms with van der Waals surface area (Å²) in [5.74, 6) is -0.0932. The van der Waals surface area contributed by atoms with E-state index in [1.54, 1.807) is 27.8 Å². The molecule has 0 atom stereocenters. The summed E-state index contributed by atoms with van der Waals surface area (Å²) in [4.78, 5) is 12.1. The van der Waals surface area contributed by atoms with Gasteiger partial charge in [-0.2, -0.15) is 10.2 Å². The minimum absolute atomic E-state index is 0.0932. The number of allylic oxidation sites excluding steroid dienone is 1. The van der Waals surface area contributed by atoms with Crippen LogP contribution in [0, 0.1) is 6.92 Å². The van der Waals surface area contributed by atoms with E-state index in [1.807, 2.05) is 20.8 Å². The van der Waals surface area contributed by atoms with Crippen molar-refractivity contribution in [3.05, 3.63) is 40.4 Å². The molecule has 0 N–H and O–H groups in total. The highest BCUT2D eigenvalue weighted by Gasteiger charge is 2.11. The van der Waals surface area contributed by atoms with Crippen LogP contribution in [0.1, 0.15) is 35.6 Å². The highest BCUT2D eigenvalue weighted by molar-refractivity contribution is 6.31. The first-order valence-corrected chi connectivity index (χ1v) is 6.92. The molecule has 0 aliphatic rings. The summed E-state index contributed by atoms with van der Waals surface area (Å²) in [6, 6.07) is 0. The lowest BCUT2D eigenvalue weighted by Gasteiger charge is -1.99. The van der Waals surface area contributed by atoms with Gasteiger partial charge in [0, 0.05) is 25.0 Å². The summed E-state index contributed by atoms with van der Waals surface area (Å²) >= 11 is 6.05. The first-order chi connectivity index (χ1) is 9.56. The topological polar surface area (TPSA) is 52.7 Å². The van der Waals surface area contributed by atoms with Gasteiger partial charge in [-0.1, -0.05) is 11.6 Å². The zero-order valence-electron chi connectivity index (χ0n) is 11.8. The zero-order chi connectivity index (χ0) is 14.7. The minimum Gasteiger partial charge on any atom is -0.289 e. The number of aryl methyl sites for hydroxylation is 2. The lowest BCUT2D eigenvalue weighted by molar-refractivity contribution is 0.104. The molecule has 20 heavy (non-hydrogen) atoms. The maximum Gasteiger partial charge on any atom is 0.189 e. The van der Waals surface area contributed by atoms with E-state index in [-0.39, 0.29) is 5.78 Å². The molecule has 0 saturated heterocycles. The molecule has 2 aromatic rings. The van der Waals surface area contributed by atoms with Crippen molar-refractivity contribution >= 4 is 23.5 Å². The summed E-state index contributed by atoms with van der Waals surface area (Å²) in [5, 5.41) is 8.96. The lowest BCUT2D eigenvalue weighted by atomic mass is 10.1. The van der Waals surface area contributed by atoms with E-state index in [0.717, 1.165) is 18.8 Å². The van der Waals surface area contributed by atoms with Crippen molar-refractivity contribution in [2.45, 2.75) is 33.9 Å². The minimum atomic E-state index is -0.0932. The molecule has 2 rings (SSSR count). The molecule has 0 spiro atoms. The fraction of sp³-hybridized carbons (Fsp3) is 0.357. The van der Waals surface area contributed by atoms with Gasteiger partial charge in [-0.05, 0) is 32.9 Å². The highest BCUT2D eigenvalue weighted by atomic mass is 35.5. The van der Waals surface area contributed by atoms with Gasteiger partial charge in [0.2, 0.25) is 0 Å². The van der Waals surface area contributed by atoms with E-state index >= 15 is 0 Å². The Balaban J connectivity index is 2.20. The summed E-state index contributed by atoms with van der Waals surface area (Å²) in [5.41, 5.74) is 2.07. The second-order valence-corrected chi connectivity index (χ2v) is 4.78. The van der Waals surface area contributed by atoms with E-state index in [0.29, 0.717) is 16.3 Å². The molecule has 0 aliphatic carbocycles. The van der Waals surface area contributed by atoms with Crippen molar-refractivity contribution in [3.8, 4) is 0 Å². The van der Waals surface area contributed by atoms with Crippen molar-refractivity contribution < 1.29 is 4.79 Å². The second-order valence-electron chi connectivity index (χ2n) is 4.37. The largest absolute Gasteiger partial charge is 0.289 e. The fourth-order valence-corrected chi connectivity index (χ4v) is 2.15. The van der Waals surface area contributed by atoms with Gasteiger partial charge < -0.3 is 0 Å². The molecule has 0 fully saturated rings. The molecule has 106 valence electrons. The van der Waals surface area contributed by atoms with Gasteiger partial charge in [-0.3, -0.25) is 14.2 Å². The third-order valence-corrected chi connectivity index (χ3v) is 3.42. The average molecular weight is 293 g/mol. The molecule has 0 unspecified atom stereocenters. The molecule has 2 aromatic heterocycles. The Kier molecular flexibility index (Phi) is 4.39. The number of ketones is 1. The normalized spacial score (nSPS) is 11.4. The Morgan fingerprint density at radius 2 is 2.15 bits per heavy atom. The van der Waals surface area contributed by atoms with Crippen molar-refractivity contribution in [1.29, 1.82) is 0 Å². The summed E-state index contributed by atoms with van der Waals surface area (Å²) in [7, 11) is 0. The third kappa shape index (κ3) is 2.82. The third-order valence-electron chi connectivity index (χ3n) is 3.13. The van der Waals surface area contributed by atoms with E-state index in [9.17, 15) is 4.79 Å². The maximum atomic E-state index is 12.1. The number of hydrogen-bond donors (Lipinski definition) is 0. The number of nitrogens with zero attached hydrogens (tertiary/aromatic N) is 4. The molecule has 0 bridgehead atoms. The zero-order valence-corrected chi connectivity index (χ0v) is 12.6. The first kappa shape index (κ1) is 14.5. The van der Waals surface area contributed by atoms with Crippen LogP contribution in [0.25, 0.3) is 6.08 Å². The predicted molar refractivity (Wildman–Crippen MR) is 78.9 cm³/mol. The van der Waals surface area contributed by atoms with Crippen molar-refractivity contribution in [2.24, 2.45) is 0 Å². The smallest absolute Gasteiger partial charge is 0.189 e. The standard InChI is InChI=1S/C14H17ClN4O/c1-4-18-9-12(15)13(17-18)6-7-14(20)11-8-16-19(5-2)10(11)3/h6-9H,4-5H2,1-3H3/b7-6+. The molecule has 2 heterocycles. The number of carbonyl (C=O) groups is 1. The van der Waals surface area contributed by atoms with Crippen LogP contribution in [0.4, 0.5) is 0 Å². The fourth-order valence-electron chi connectivity index (χ4n) is 1.94. The highest BCUT2D eigenvalue weighted by Crippen LogP contribution is 2.16. The van der Waals surface area contributed by atoms with Crippen LogP contribution in [-0.2, 0) is 13.1 Å². The molecular weight excluding hydrogens is 276 g/mol. The van der Waals surface area contributed by atoms with E-state index in [1.165, 1.54) is 6.08 Å². The lowest BCUT2D eigenvalue weighted by Crippen LogP contribution is -2.01. The van der Waals surface area contributed by atoms with Crippen molar-refractivity contribution in [1.82, 2.24) is 19.6 Å². The predicted octanol–water partition coefficient (Wildman–Crippen LogP) is 2.98. The van der Waals surface area contributed by atoms with E-state index in [2.05, 4.69) is 10.2 Å². The van der Waals surface area contributed by atoms with E-state index in [4.69, 9.17) is 11.6 Å². The van der Waals surface area contributed by atoms with Crippen LogP contribution in [0.5, 0.6) is 0 Å². The maximum absolute atomic E-state index is 12.1. The Labute approximate surface area is 122 Å². The summed E-state index contributed by atoms with van der Waals surface area (Å²) < 4.78 is 3.52. The Bertz CT molecular complexity index is 654. The number of aromatic nitrogens is 4. The van der Waals surface area contributed by atoms with Crippen LogP contribution >= 0.6 is 11.6 Å².